The maximum atomic E-state index is 11.7. The highest BCUT2D eigenvalue weighted by atomic mass is 16.5. The van der Waals surface area contributed by atoms with Crippen LogP contribution >= 0.6 is 0 Å². The molecule has 0 aromatic heterocycles. The zero-order valence-corrected chi connectivity index (χ0v) is 12.1. The van der Waals surface area contributed by atoms with Gasteiger partial charge in [0, 0.05) is 13.2 Å². The molecule has 0 radical (unpaired) electrons. The van der Waals surface area contributed by atoms with Crippen LogP contribution in [0.1, 0.15) is 33.6 Å². The molecule has 0 aromatic rings. The van der Waals surface area contributed by atoms with Gasteiger partial charge in [0.25, 0.3) is 0 Å². The summed E-state index contributed by atoms with van der Waals surface area (Å²) in [7, 11) is 0. The number of carbonyl (C=O) groups excluding carboxylic acids is 2. The maximum Gasteiger partial charge on any atom is 0.246 e. The molecule has 1 N–H and O–H groups in total. The van der Waals surface area contributed by atoms with E-state index in [0.29, 0.717) is 12.5 Å². The summed E-state index contributed by atoms with van der Waals surface area (Å²) in [6, 6.07) is -0.417. The van der Waals surface area contributed by atoms with Crippen molar-refractivity contribution < 1.29 is 19.1 Å². The maximum absolute atomic E-state index is 11.7. The minimum Gasteiger partial charge on any atom is -0.381 e. The molecule has 1 atom stereocenters. The van der Waals surface area contributed by atoms with E-state index in [4.69, 9.17) is 9.47 Å². The summed E-state index contributed by atoms with van der Waals surface area (Å²) in [5, 5.41) is 2.72. The molecule has 5 nitrogen and oxygen atoms in total. The van der Waals surface area contributed by atoms with Crippen LogP contribution in [0.4, 0.5) is 0 Å². The molecule has 5 heteroatoms. The average molecular weight is 271 g/mol. The molecular weight excluding hydrogens is 246 g/mol. The highest BCUT2D eigenvalue weighted by Gasteiger charge is 2.21. The first kappa shape index (κ1) is 16.1. The summed E-state index contributed by atoms with van der Waals surface area (Å²) in [5.41, 5.74) is 0. The van der Waals surface area contributed by atoms with Crippen LogP contribution in [-0.4, -0.2) is 44.2 Å². The highest BCUT2D eigenvalue weighted by Crippen LogP contribution is 2.14. The van der Waals surface area contributed by atoms with Crippen LogP contribution in [0, 0.1) is 11.8 Å². The second-order valence-electron chi connectivity index (χ2n) is 5.47. The minimum absolute atomic E-state index is 0.0206. The van der Waals surface area contributed by atoms with Gasteiger partial charge in [-0.25, -0.2) is 0 Å². The van der Waals surface area contributed by atoms with E-state index < -0.39 is 6.04 Å². The molecule has 1 saturated heterocycles. The summed E-state index contributed by atoms with van der Waals surface area (Å²) in [5.74, 6) is 0.334. The molecule has 0 saturated carbocycles. The van der Waals surface area contributed by atoms with Gasteiger partial charge < -0.3 is 14.8 Å². The van der Waals surface area contributed by atoms with Crippen molar-refractivity contribution in [2.75, 3.05) is 26.4 Å². The third kappa shape index (κ3) is 6.16. The third-order valence-corrected chi connectivity index (χ3v) is 3.35. The van der Waals surface area contributed by atoms with Crippen LogP contribution in [0.3, 0.4) is 0 Å². The summed E-state index contributed by atoms with van der Waals surface area (Å²) in [6.07, 6.45) is 1.98. The van der Waals surface area contributed by atoms with Gasteiger partial charge in [-0.15, -0.1) is 0 Å². The molecule has 1 amide bonds. The summed E-state index contributed by atoms with van der Waals surface area (Å²) < 4.78 is 10.7. The Bertz CT molecular complexity index is 298. The van der Waals surface area contributed by atoms with Crippen LogP contribution in [-0.2, 0) is 19.1 Å². The predicted molar refractivity (Wildman–Crippen MR) is 71.8 cm³/mol. The Kier molecular flexibility index (Phi) is 7.02. The molecule has 1 rings (SSSR count). The molecule has 0 bridgehead atoms. The third-order valence-electron chi connectivity index (χ3n) is 3.35. The van der Waals surface area contributed by atoms with Crippen molar-refractivity contribution in [2.45, 2.75) is 39.7 Å². The molecule has 0 aliphatic carbocycles. The Morgan fingerprint density at radius 2 is 1.95 bits per heavy atom. The number of hydrogen-bond acceptors (Lipinski definition) is 4. The van der Waals surface area contributed by atoms with E-state index in [2.05, 4.69) is 5.32 Å². The largest absolute Gasteiger partial charge is 0.381 e. The topological polar surface area (TPSA) is 64.6 Å². The smallest absolute Gasteiger partial charge is 0.246 e. The van der Waals surface area contributed by atoms with Gasteiger partial charge in [0.05, 0.1) is 12.6 Å². The van der Waals surface area contributed by atoms with Crippen molar-refractivity contribution in [3.8, 4) is 0 Å². The SMILES string of the molecule is CC(=O)C(NC(=O)COCC1CCOCC1)C(C)C. The lowest BCUT2D eigenvalue weighted by atomic mass is 10.0. The molecule has 1 unspecified atom stereocenters. The minimum atomic E-state index is -0.417. The van der Waals surface area contributed by atoms with Crippen molar-refractivity contribution in [1.29, 1.82) is 0 Å². The fourth-order valence-corrected chi connectivity index (χ4v) is 2.18. The van der Waals surface area contributed by atoms with Crippen molar-refractivity contribution in [3.63, 3.8) is 0 Å². The molecular formula is C14H25NO4. The Labute approximate surface area is 115 Å². The number of ether oxygens (including phenoxy) is 2. The fraction of sp³-hybridized carbons (Fsp3) is 0.857. The number of amides is 1. The average Bonchev–Trinajstić information content (AvgIpc) is 2.36. The Balaban J connectivity index is 2.21. The molecule has 1 aliphatic heterocycles. The van der Waals surface area contributed by atoms with Gasteiger partial charge in [0.15, 0.2) is 5.78 Å². The predicted octanol–water partition coefficient (Wildman–Crippen LogP) is 1.16. The highest BCUT2D eigenvalue weighted by molar-refractivity contribution is 5.88. The standard InChI is InChI=1S/C14H25NO4/c1-10(2)14(11(3)16)15-13(17)9-19-8-12-4-6-18-7-5-12/h10,12,14H,4-9H2,1-3H3,(H,15,17). The fourth-order valence-electron chi connectivity index (χ4n) is 2.18. The zero-order chi connectivity index (χ0) is 14.3. The molecule has 19 heavy (non-hydrogen) atoms. The lowest BCUT2D eigenvalue weighted by molar-refractivity contribution is -0.131. The first-order valence-corrected chi connectivity index (χ1v) is 6.96. The van der Waals surface area contributed by atoms with Crippen molar-refractivity contribution in [2.24, 2.45) is 11.8 Å². The van der Waals surface area contributed by atoms with Gasteiger partial charge in [-0.2, -0.15) is 0 Å². The van der Waals surface area contributed by atoms with E-state index in [1.54, 1.807) is 0 Å². The van der Waals surface area contributed by atoms with Crippen molar-refractivity contribution >= 4 is 11.7 Å². The van der Waals surface area contributed by atoms with Gasteiger partial charge in [0.2, 0.25) is 5.91 Å². The number of ketones is 1. The van der Waals surface area contributed by atoms with Gasteiger partial charge in [0.1, 0.15) is 6.61 Å². The Hall–Kier alpha value is -0.940. The molecule has 1 fully saturated rings. The van der Waals surface area contributed by atoms with Crippen LogP contribution in [0.2, 0.25) is 0 Å². The van der Waals surface area contributed by atoms with Gasteiger partial charge >= 0.3 is 0 Å². The molecule has 110 valence electrons. The Morgan fingerprint density at radius 3 is 2.47 bits per heavy atom. The van der Waals surface area contributed by atoms with Crippen molar-refractivity contribution in [3.05, 3.63) is 0 Å². The summed E-state index contributed by atoms with van der Waals surface area (Å²) in [4.78, 5) is 23.1. The number of carbonyl (C=O) groups is 2. The zero-order valence-electron chi connectivity index (χ0n) is 12.1. The summed E-state index contributed by atoms with van der Waals surface area (Å²) >= 11 is 0. The number of nitrogens with one attached hydrogen (secondary N) is 1. The quantitative estimate of drug-likeness (QED) is 0.754. The molecule has 1 heterocycles. The van der Waals surface area contributed by atoms with E-state index in [0.717, 1.165) is 26.1 Å². The first-order valence-electron chi connectivity index (χ1n) is 6.96. The van der Waals surface area contributed by atoms with Gasteiger partial charge in [-0.1, -0.05) is 13.8 Å². The molecule has 0 spiro atoms. The second kappa shape index (κ2) is 8.27. The second-order valence-corrected chi connectivity index (χ2v) is 5.47. The van der Waals surface area contributed by atoms with Crippen LogP contribution < -0.4 is 5.32 Å². The lowest BCUT2D eigenvalue weighted by Gasteiger charge is -2.22. The summed E-state index contributed by atoms with van der Waals surface area (Å²) in [6.45, 7) is 7.48. The van der Waals surface area contributed by atoms with Crippen LogP contribution in [0.5, 0.6) is 0 Å². The normalized spacial score (nSPS) is 18.3. The van der Waals surface area contributed by atoms with Crippen LogP contribution in [0.25, 0.3) is 0 Å². The van der Waals surface area contributed by atoms with E-state index in [1.807, 2.05) is 13.8 Å². The Morgan fingerprint density at radius 1 is 1.32 bits per heavy atom. The van der Waals surface area contributed by atoms with E-state index in [-0.39, 0.29) is 24.2 Å². The van der Waals surface area contributed by atoms with E-state index in [9.17, 15) is 9.59 Å². The number of hydrogen-bond donors (Lipinski definition) is 1. The molecule has 1 aliphatic rings. The van der Waals surface area contributed by atoms with Crippen molar-refractivity contribution in [1.82, 2.24) is 5.32 Å². The van der Waals surface area contributed by atoms with E-state index >= 15 is 0 Å². The number of rotatable bonds is 7. The van der Waals surface area contributed by atoms with E-state index in [1.165, 1.54) is 6.92 Å². The lowest BCUT2D eigenvalue weighted by Crippen LogP contribution is -2.45. The molecule has 0 aromatic carbocycles. The monoisotopic (exact) mass is 271 g/mol. The van der Waals surface area contributed by atoms with Crippen LogP contribution in [0.15, 0.2) is 0 Å². The van der Waals surface area contributed by atoms with Gasteiger partial charge in [-0.3, -0.25) is 9.59 Å². The first-order chi connectivity index (χ1) is 9.00. The number of Topliss-reactive ketones (excluding diaryl/α,β-unsaturated/α-hetero) is 1. The van der Waals surface area contributed by atoms with Gasteiger partial charge in [-0.05, 0) is 31.6 Å².